The number of nitrogens with two attached hydrogens (primary N) is 2. The number of amides is 4. The number of aromatic nitrogens is 2. The second kappa shape index (κ2) is 16.2. The van der Waals surface area contributed by atoms with Gasteiger partial charge in [-0.3, -0.25) is 19.2 Å². The standard InChI is InChI=1S/C19H14N4O2.C18H14FN3O2.C2H6/c1-2-17(24)23-16-9-11(3-4-12(16)10-20)13-5-6-15(19(21)25)18-14(13)7-8-22-18;1-2-16(23)22-10-3-6-15(19)14(9-10)11-4-5-13(18(20)24)17-12(11)7-8-21-17;1-2/h2-9,22H,1H2,(H2,21,25)(H,23,24);2-9,21H,1H2,(H2,20,24)(H,22,23);1-2H3. The maximum absolute atomic E-state index is 14.3. The lowest BCUT2D eigenvalue weighted by Gasteiger charge is -2.10. The molecule has 0 unspecified atom stereocenters. The summed E-state index contributed by atoms with van der Waals surface area (Å²) >= 11 is 0. The first-order valence-corrected chi connectivity index (χ1v) is 15.6. The quantitative estimate of drug-likeness (QED) is 0.0924. The van der Waals surface area contributed by atoms with Crippen LogP contribution < -0.4 is 22.1 Å². The molecule has 6 rings (SSSR count). The molecule has 2 heterocycles. The topological polar surface area (TPSA) is 200 Å². The van der Waals surface area contributed by atoms with Crippen molar-refractivity contribution < 1.29 is 23.6 Å². The molecule has 0 saturated heterocycles. The summed E-state index contributed by atoms with van der Waals surface area (Å²) in [7, 11) is 0. The Morgan fingerprint density at radius 2 is 1.27 bits per heavy atom. The number of rotatable bonds is 8. The van der Waals surface area contributed by atoms with Crippen molar-refractivity contribution in [1.29, 1.82) is 5.26 Å². The van der Waals surface area contributed by atoms with Crippen LogP contribution >= 0.6 is 0 Å². The van der Waals surface area contributed by atoms with Crippen LogP contribution in [0, 0.1) is 17.1 Å². The fourth-order valence-corrected chi connectivity index (χ4v) is 5.31. The number of primary amides is 2. The summed E-state index contributed by atoms with van der Waals surface area (Å²) in [4.78, 5) is 52.1. The third kappa shape index (κ3) is 7.90. The van der Waals surface area contributed by atoms with E-state index >= 15 is 0 Å². The second-order valence-electron chi connectivity index (χ2n) is 10.5. The third-order valence-electron chi connectivity index (χ3n) is 7.58. The molecule has 51 heavy (non-hydrogen) atoms. The number of carbonyl (C=O) groups is 4. The normalized spacial score (nSPS) is 10.1. The van der Waals surface area contributed by atoms with Gasteiger partial charge in [0.2, 0.25) is 11.8 Å². The van der Waals surface area contributed by atoms with Crippen LogP contribution in [0.4, 0.5) is 15.8 Å². The highest BCUT2D eigenvalue weighted by atomic mass is 19.1. The first-order chi connectivity index (χ1) is 24.6. The Hall–Kier alpha value is -7.26. The molecule has 2 aromatic heterocycles. The maximum atomic E-state index is 14.3. The summed E-state index contributed by atoms with van der Waals surface area (Å²) in [5, 5.41) is 15.9. The molecule has 256 valence electrons. The van der Waals surface area contributed by atoms with Gasteiger partial charge in [-0.05, 0) is 83.4 Å². The molecule has 0 radical (unpaired) electrons. The van der Waals surface area contributed by atoms with Gasteiger partial charge in [0.05, 0.1) is 33.4 Å². The molecule has 0 aliphatic heterocycles. The minimum absolute atomic E-state index is 0.303. The van der Waals surface area contributed by atoms with E-state index in [4.69, 9.17) is 11.5 Å². The highest BCUT2D eigenvalue weighted by Crippen LogP contribution is 2.34. The molecule has 4 aromatic carbocycles. The van der Waals surface area contributed by atoms with Crippen molar-refractivity contribution in [3.8, 4) is 28.3 Å². The zero-order chi connectivity index (χ0) is 37.2. The molecule has 0 aliphatic rings. The number of nitriles is 1. The Balaban J connectivity index is 0.000000218. The van der Waals surface area contributed by atoms with E-state index in [0.717, 1.165) is 28.7 Å². The average Bonchev–Trinajstić information content (AvgIpc) is 3.84. The average molecular weight is 684 g/mol. The lowest BCUT2D eigenvalue weighted by Crippen LogP contribution is -2.11. The van der Waals surface area contributed by atoms with Crippen LogP contribution in [0.25, 0.3) is 44.1 Å². The fourth-order valence-electron chi connectivity index (χ4n) is 5.31. The van der Waals surface area contributed by atoms with Crippen LogP contribution in [0.15, 0.2) is 111 Å². The number of carbonyl (C=O) groups excluding carboxylic acids is 4. The van der Waals surface area contributed by atoms with Gasteiger partial charge in [0.25, 0.3) is 11.8 Å². The van der Waals surface area contributed by atoms with Crippen LogP contribution in [-0.2, 0) is 9.59 Å². The zero-order valence-electron chi connectivity index (χ0n) is 27.8. The highest BCUT2D eigenvalue weighted by Gasteiger charge is 2.16. The molecule has 0 aliphatic carbocycles. The number of hydrogen-bond acceptors (Lipinski definition) is 5. The molecule has 8 N–H and O–H groups in total. The van der Waals surface area contributed by atoms with Crippen LogP contribution in [0.3, 0.4) is 0 Å². The lowest BCUT2D eigenvalue weighted by atomic mass is 9.97. The molecule has 4 amide bonds. The molecule has 0 fully saturated rings. The lowest BCUT2D eigenvalue weighted by molar-refractivity contribution is -0.112. The maximum Gasteiger partial charge on any atom is 0.250 e. The van der Waals surface area contributed by atoms with Crippen LogP contribution in [0.2, 0.25) is 0 Å². The van der Waals surface area contributed by atoms with Crippen molar-refractivity contribution in [2.24, 2.45) is 11.5 Å². The van der Waals surface area contributed by atoms with Gasteiger partial charge in [-0.2, -0.15) is 5.26 Å². The molecule has 11 nitrogen and oxygen atoms in total. The Labute approximate surface area is 292 Å². The van der Waals surface area contributed by atoms with E-state index in [9.17, 15) is 28.8 Å². The van der Waals surface area contributed by atoms with Gasteiger partial charge in [0, 0.05) is 34.4 Å². The van der Waals surface area contributed by atoms with Crippen molar-refractivity contribution in [2.75, 3.05) is 10.6 Å². The first-order valence-electron chi connectivity index (χ1n) is 15.6. The molecule has 0 spiro atoms. The number of hydrogen-bond donors (Lipinski definition) is 6. The molecule has 0 bridgehead atoms. The fraction of sp³-hybridized carbons (Fsp3) is 0.0513. The summed E-state index contributed by atoms with van der Waals surface area (Å²) < 4.78 is 14.3. The van der Waals surface area contributed by atoms with E-state index in [1.165, 1.54) is 18.2 Å². The van der Waals surface area contributed by atoms with E-state index < -0.39 is 23.5 Å². The van der Waals surface area contributed by atoms with Gasteiger partial charge in [-0.25, -0.2) is 4.39 Å². The second-order valence-corrected chi connectivity index (χ2v) is 10.5. The van der Waals surface area contributed by atoms with Crippen molar-refractivity contribution in [3.63, 3.8) is 0 Å². The molecule has 0 atom stereocenters. The highest BCUT2D eigenvalue weighted by molar-refractivity contribution is 6.10. The molecule has 12 heteroatoms. The van der Waals surface area contributed by atoms with Gasteiger partial charge in [-0.15, -0.1) is 0 Å². The predicted molar refractivity (Wildman–Crippen MR) is 198 cm³/mol. The van der Waals surface area contributed by atoms with E-state index in [-0.39, 0.29) is 5.91 Å². The number of halogens is 1. The molecular formula is C39H34FN7O4. The largest absolute Gasteiger partial charge is 0.366 e. The van der Waals surface area contributed by atoms with Crippen molar-refractivity contribution >= 4 is 56.8 Å². The predicted octanol–water partition coefficient (Wildman–Crippen LogP) is 7.15. The van der Waals surface area contributed by atoms with E-state index in [1.54, 1.807) is 60.9 Å². The number of nitrogens with zero attached hydrogens (tertiary/aromatic N) is 1. The Kier molecular flexibility index (Phi) is 11.6. The minimum Gasteiger partial charge on any atom is -0.366 e. The smallest absolute Gasteiger partial charge is 0.250 e. The number of nitrogens with one attached hydrogen (secondary N) is 4. The third-order valence-corrected chi connectivity index (χ3v) is 7.58. The minimum atomic E-state index is -0.568. The summed E-state index contributed by atoms with van der Waals surface area (Å²) in [6, 6.07) is 21.6. The van der Waals surface area contributed by atoms with Crippen molar-refractivity contribution in [1.82, 2.24) is 9.97 Å². The van der Waals surface area contributed by atoms with Crippen LogP contribution in [-0.4, -0.2) is 33.6 Å². The summed E-state index contributed by atoms with van der Waals surface area (Å²) in [6.45, 7) is 10.8. The van der Waals surface area contributed by atoms with Crippen molar-refractivity contribution in [3.05, 3.63) is 133 Å². The number of fused-ring (bicyclic) bond motifs is 2. The SMILES string of the molecule is C=CC(=O)Nc1cc(-c2ccc(C(N)=O)c3[nH]ccc23)ccc1C#N.C=CC(=O)Nc1ccc(F)c(-c2ccc(C(N)=O)c3[nH]ccc23)c1.CC. The van der Waals surface area contributed by atoms with Gasteiger partial charge >= 0.3 is 0 Å². The number of anilines is 2. The zero-order valence-corrected chi connectivity index (χ0v) is 27.8. The van der Waals surface area contributed by atoms with E-state index in [0.29, 0.717) is 55.6 Å². The first kappa shape index (κ1) is 36.6. The Morgan fingerprint density at radius 3 is 1.82 bits per heavy atom. The molecule has 0 saturated carbocycles. The van der Waals surface area contributed by atoms with E-state index in [1.807, 2.05) is 26.0 Å². The Morgan fingerprint density at radius 1 is 0.725 bits per heavy atom. The van der Waals surface area contributed by atoms with Gasteiger partial charge in [-0.1, -0.05) is 45.2 Å². The van der Waals surface area contributed by atoms with Crippen LogP contribution in [0.5, 0.6) is 0 Å². The van der Waals surface area contributed by atoms with Crippen molar-refractivity contribution in [2.45, 2.75) is 13.8 Å². The molecule has 6 aromatic rings. The monoisotopic (exact) mass is 683 g/mol. The Bertz CT molecular complexity index is 2370. The molecular weight excluding hydrogens is 649 g/mol. The number of benzene rings is 4. The number of aromatic amines is 2. The van der Waals surface area contributed by atoms with Gasteiger partial charge in [0.15, 0.2) is 0 Å². The van der Waals surface area contributed by atoms with Crippen LogP contribution in [0.1, 0.15) is 40.1 Å². The summed E-state index contributed by atoms with van der Waals surface area (Å²) in [6.07, 6.45) is 5.65. The number of H-pyrrole nitrogens is 2. The van der Waals surface area contributed by atoms with Gasteiger partial charge in [0.1, 0.15) is 11.9 Å². The van der Waals surface area contributed by atoms with E-state index in [2.05, 4.69) is 33.8 Å². The van der Waals surface area contributed by atoms with Gasteiger partial charge < -0.3 is 32.1 Å². The summed E-state index contributed by atoms with van der Waals surface area (Å²) in [5.41, 5.74) is 16.4. The summed E-state index contributed by atoms with van der Waals surface area (Å²) in [5.74, 6) is -2.31.